The number of hydrogen-bond donors (Lipinski definition) is 2. The fourth-order valence-electron chi connectivity index (χ4n) is 0.962. The number of carbonyl (C=O) groups is 2. The highest BCUT2D eigenvalue weighted by Gasteiger charge is 2.38. The first-order valence-electron chi connectivity index (χ1n) is 4.55. The van der Waals surface area contributed by atoms with Gasteiger partial charge in [-0.15, -0.1) is 0 Å². The molecule has 7 heteroatoms. The summed E-state index contributed by atoms with van der Waals surface area (Å²) >= 11 is 0. The second-order valence-electron chi connectivity index (χ2n) is 3.27. The Balaban J connectivity index is 2.56. The van der Waals surface area contributed by atoms with Gasteiger partial charge in [0.2, 0.25) is 0 Å². The highest BCUT2D eigenvalue weighted by molar-refractivity contribution is 5.95. The number of alkyl halides is 3. The molecule has 0 radical (unpaired) electrons. The van der Waals surface area contributed by atoms with Crippen LogP contribution in [0.5, 0.6) is 0 Å². The SMILES string of the molecule is Cc1ccc(C(=O)NNC(=O)C(F)(F)F)cc1. The number of hydrazine groups is 1. The van der Waals surface area contributed by atoms with Gasteiger partial charge in [-0.05, 0) is 19.1 Å². The number of carbonyl (C=O) groups excluding carboxylic acids is 2. The van der Waals surface area contributed by atoms with Crippen LogP contribution in [0.4, 0.5) is 13.2 Å². The lowest BCUT2D eigenvalue weighted by Gasteiger charge is -2.09. The lowest BCUT2D eigenvalue weighted by Crippen LogP contribution is -2.47. The van der Waals surface area contributed by atoms with Gasteiger partial charge < -0.3 is 0 Å². The molecule has 4 nitrogen and oxygen atoms in total. The van der Waals surface area contributed by atoms with Crippen molar-refractivity contribution in [2.75, 3.05) is 0 Å². The molecule has 0 aliphatic rings. The number of amides is 2. The lowest BCUT2D eigenvalue weighted by molar-refractivity contribution is -0.174. The Morgan fingerprint density at radius 2 is 1.59 bits per heavy atom. The Labute approximate surface area is 94.8 Å². The van der Waals surface area contributed by atoms with Gasteiger partial charge in [-0.25, -0.2) is 0 Å². The topological polar surface area (TPSA) is 58.2 Å². The van der Waals surface area contributed by atoms with Gasteiger partial charge in [0, 0.05) is 5.56 Å². The molecule has 2 amide bonds. The van der Waals surface area contributed by atoms with Crippen LogP contribution >= 0.6 is 0 Å². The van der Waals surface area contributed by atoms with E-state index in [0.717, 1.165) is 5.56 Å². The van der Waals surface area contributed by atoms with Crippen LogP contribution in [0, 0.1) is 6.92 Å². The van der Waals surface area contributed by atoms with Crippen molar-refractivity contribution < 1.29 is 22.8 Å². The van der Waals surface area contributed by atoms with Crippen molar-refractivity contribution >= 4 is 11.8 Å². The molecule has 1 aromatic carbocycles. The molecule has 0 aliphatic heterocycles. The van der Waals surface area contributed by atoms with Gasteiger partial charge in [0.25, 0.3) is 5.91 Å². The molecule has 0 saturated heterocycles. The van der Waals surface area contributed by atoms with E-state index in [0.29, 0.717) is 0 Å². The van der Waals surface area contributed by atoms with Gasteiger partial charge in [0.1, 0.15) is 0 Å². The van der Waals surface area contributed by atoms with E-state index in [-0.39, 0.29) is 5.56 Å². The molecule has 0 unspecified atom stereocenters. The minimum Gasteiger partial charge on any atom is -0.267 e. The predicted molar refractivity (Wildman–Crippen MR) is 52.8 cm³/mol. The fraction of sp³-hybridized carbons (Fsp3) is 0.200. The van der Waals surface area contributed by atoms with Crippen LogP contribution in [-0.4, -0.2) is 18.0 Å². The quantitative estimate of drug-likeness (QED) is 0.734. The summed E-state index contributed by atoms with van der Waals surface area (Å²) in [6.07, 6.45) is -5.03. The second-order valence-corrected chi connectivity index (χ2v) is 3.27. The molecule has 0 bridgehead atoms. The zero-order chi connectivity index (χ0) is 13.1. The van der Waals surface area contributed by atoms with Crippen molar-refractivity contribution in [1.29, 1.82) is 0 Å². The van der Waals surface area contributed by atoms with Gasteiger partial charge in [-0.2, -0.15) is 13.2 Å². The molecule has 0 aromatic heterocycles. The first-order valence-corrected chi connectivity index (χ1v) is 4.55. The molecular formula is C10H9F3N2O2. The van der Waals surface area contributed by atoms with E-state index >= 15 is 0 Å². The summed E-state index contributed by atoms with van der Waals surface area (Å²) in [6, 6.07) is 6.12. The maximum atomic E-state index is 11.8. The van der Waals surface area contributed by atoms with Crippen molar-refractivity contribution in [1.82, 2.24) is 10.9 Å². The third kappa shape index (κ3) is 3.78. The number of aryl methyl sites for hydroxylation is 1. The van der Waals surface area contributed by atoms with E-state index < -0.39 is 18.0 Å². The van der Waals surface area contributed by atoms with Crippen LogP contribution in [0.15, 0.2) is 24.3 Å². The number of hydrogen-bond acceptors (Lipinski definition) is 2. The van der Waals surface area contributed by atoms with Gasteiger partial charge in [0.15, 0.2) is 0 Å². The average molecular weight is 246 g/mol. The number of rotatable bonds is 1. The number of benzene rings is 1. The number of halogens is 3. The fourth-order valence-corrected chi connectivity index (χ4v) is 0.962. The second kappa shape index (κ2) is 4.86. The van der Waals surface area contributed by atoms with Crippen LogP contribution in [0.25, 0.3) is 0 Å². The molecule has 0 saturated carbocycles. The maximum Gasteiger partial charge on any atom is 0.472 e. The van der Waals surface area contributed by atoms with Crippen LogP contribution in [-0.2, 0) is 4.79 Å². The van der Waals surface area contributed by atoms with Gasteiger partial charge in [-0.3, -0.25) is 20.4 Å². The molecule has 0 aliphatic carbocycles. The highest BCUT2D eigenvalue weighted by Crippen LogP contribution is 2.13. The summed E-state index contributed by atoms with van der Waals surface area (Å²) < 4.78 is 35.4. The Morgan fingerprint density at radius 3 is 2.06 bits per heavy atom. The summed E-state index contributed by atoms with van der Waals surface area (Å²) in [5.41, 5.74) is 3.99. The van der Waals surface area contributed by atoms with E-state index in [1.54, 1.807) is 24.5 Å². The van der Waals surface area contributed by atoms with Crippen LogP contribution in [0.2, 0.25) is 0 Å². The molecule has 1 rings (SSSR count). The molecule has 17 heavy (non-hydrogen) atoms. The van der Waals surface area contributed by atoms with Crippen molar-refractivity contribution in [2.24, 2.45) is 0 Å². The zero-order valence-electron chi connectivity index (χ0n) is 8.76. The molecule has 0 fully saturated rings. The zero-order valence-corrected chi connectivity index (χ0v) is 8.76. The standard InChI is InChI=1S/C10H9F3N2O2/c1-6-2-4-7(5-3-6)8(16)14-15-9(17)10(11,12)13/h2-5H,1H3,(H,14,16)(H,15,17). The third-order valence-electron chi connectivity index (χ3n) is 1.86. The van der Waals surface area contributed by atoms with Gasteiger partial charge >= 0.3 is 12.1 Å². The first-order chi connectivity index (χ1) is 7.80. The third-order valence-corrected chi connectivity index (χ3v) is 1.86. The Bertz CT molecular complexity index is 426. The van der Waals surface area contributed by atoms with Crippen LogP contribution in [0.1, 0.15) is 15.9 Å². The predicted octanol–water partition coefficient (Wildman–Crippen LogP) is 1.32. The first kappa shape index (κ1) is 13.0. The maximum absolute atomic E-state index is 11.8. The monoisotopic (exact) mass is 246 g/mol. The van der Waals surface area contributed by atoms with E-state index in [9.17, 15) is 22.8 Å². The van der Waals surface area contributed by atoms with E-state index in [1.165, 1.54) is 17.6 Å². The lowest BCUT2D eigenvalue weighted by atomic mass is 10.1. The van der Waals surface area contributed by atoms with E-state index in [4.69, 9.17) is 0 Å². The highest BCUT2D eigenvalue weighted by atomic mass is 19.4. The molecule has 0 spiro atoms. The van der Waals surface area contributed by atoms with Gasteiger partial charge in [-0.1, -0.05) is 17.7 Å². The molecule has 92 valence electrons. The summed E-state index contributed by atoms with van der Waals surface area (Å²) in [6.45, 7) is 1.80. The summed E-state index contributed by atoms with van der Waals surface area (Å²) in [4.78, 5) is 21.7. The largest absolute Gasteiger partial charge is 0.472 e. The summed E-state index contributed by atoms with van der Waals surface area (Å²) in [7, 11) is 0. The summed E-state index contributed by atoms with van der Waals surface area (Å²) in [5.74, 6) is -3.04. The van der Waals surface area contributed by atoms with E-state index in [1.807, 2.05) is 0 Å². The Hall–Kier alpha value is -2.05. The Morgan fingerprint density at radius 1 is 1.06 bits per heavy atom. The smallest absolute Gasteiger partial charge is 0.267 e. The van der Waals surface area contributed by atoms with Crippen molar-refractivity contribution in [2.45, 2.75) is 13.1 Å². The minimum atomic E-state index is -5.03. The normalized spacial score (nSPS) is 10.8. The molecule has 2 N–H and O–H groups in total. The molecule has 0 heterocycles. The van der Waals surface area contributed by atoms with Crippen molar-refractivity contribution in [3.8, 4) is 0 Å². The van der Waals surface area contributed by atoms with Crippen molar-refractivity contribution in [3.63, 3.8) is 0 Å². The van der Waals surface area contributed by atoms with Crippen molar-refractivity contribution in [3.05, 3.63) is 35.4 Å². The van der Waals surface area contributed by atoms with Crippen LogP contribution in [0.3, 0.4) is 0 Å². The molecular weight excluding hydrogens is 237 g/mol. The minimum absolute atomic E-state index is 0.151. The molecule has 1 aromatic rings. The number of nitrogens with one attached hydrogen (secondary N) is 2. The average Bonchev–Trinajstić information content (AvgIpc) is 2.25. The Kier molecular flexibility index (Phi) is 3.72. The molecule has 0 atom stereocenters. The van der Waals surface area contributed by atoms with E-state index in [2.05, 4.69) is 0 Å². The summed E-state index contributed by atoms with van der Waals surface area (Å²) in [5, 5.41) is 0. The van der Waals surface area contributed by atoms with Crippen LogP contribution < -0.4 is 10.9 Å². The van der Waals surface area contributed by atoms with Gasteiger partial charge in [0.05, 0.1) is 0 Å².